The first-order valence-electron chi connectivity index (χ1n) is 16.1. The molecule has 0 bridgehead atoms. The topological polar surface area (TPSA) is 141 Å². The molecule has 0 atom stereocenters. The number of hydrogen-bond acceptors (Lipinski definition) is 11. The number of piperazine rings is 1. The molecule has 4 aromatic rings. The number of nitrogens with zero attached hydrogens (tertiary/aromatic N) is 5. The van der Waals surface area contributed by atoms with Crippen molar-refractivity contribution in [3.05, 3.63) is 89.5 Å². The quantitative estimate of drug-likeness (QED) is 0.0972. The lowest BCUT2D eigenvalue weighted by molar-refractivity contribution is -0.114. The van der Waals surface area contributed by atoms with Gasteiger partial charge in [0.2, 0.25) is 5.91 Å². The zero-order chi connectivity index (χ0) is 34.8. The van der Waals surface area contributed by atoms with E-state index in [0.717, 1.165) is 51.3 Å². The third-order valence-electron chi connectivity index (χ3n) is 7.86. The normalized spacial score (nSPS) is 13.5. The molecule has 0 saturated carbocycles. The van der Waals surface area contributed by atoms with E-state index in [-0.39, 0.29) is 41.9 Å². The number of halogens is 2. The largest absolute Gasteiger partial charge is 0.494 e. The number of benzene rings is 2. The Morgan fingerprint density at radius 2 is 1.78 bits per heavy atom. The van der Waals surface area contributed by atoms with E-state index in [1.807, 2.05) is 0 Å². The second-order valence-electron chi connectivity index (χ2n) is 11.6. The standard InChI is InChI=1S/C35H41F2N9O3/c1-4-48-25-19-28(36)27(29(37)20-25)21-40-30-9-6-5-8-26(30)33(38)35-41-22-31(49-17-7-12-46-15-13-45(3)14-16-46)34(44-35)43-24-10-11-39-32(18-24)42-23(2)47/h5-6,8-11,18-20,22,38,40H,4,7,12-17,21H2,1-3H3,(H2,39,41,42,43,44,47). The number of anilines is 4. The number of likely N-dealkylation sites (N-methyl/N-ethyl adjacent to an activating group) is 1. The Bertz CT molecular complexity index is 1740. The van der Waals surface area contributed by atoms with E-state index >= 15 is 0 Å². The molecule has 0 radical (unpaired) electrons. The number of amides is 1. The summed E-state index contributed by atoms with van der Waals surface area (Å²) in [7, 11) is 2.13. The smallest absolute Gasteiger partial charge is 0.222 e. The molecule has 0 unspecified atom stereocenters. The maximum absolute atomic E-state index is 14.8. The lowest BCUT2D eigenvalue weighted by Gasteiger charge is -2.32. The molecular weight excluding hydrogens is 632 g/mol. The minimum Gasteiger partial charge on any atom is -0.494 e. The summed E-state index contributed by atoms with van der Waals surface area (Å²) in [5, 5.41) is 18.0. The van der Waals surface area contributed by atoms with Crippen LogP contribution in [0, 0.1) is 17.0 Å². The van der Waals surface area contributed by atoms with Crippen LogP contribution in [0.15, 0.2) is 60.9 Å². The zero-order valence-corrected chi connectivity index (χ0v) is 27.9. The van der Waals surface area contributed by atoms with E-state index in [0.29, 0.717) is 40.9 Å². The van der Waals surface area contributed by atoms with E-state index in [1.165, 1.54) is 13.1 Å². The van der Waals surface area contributed by atoms with Gasteiger partial charge in [-0.15, -0.1) is 0 Å². The molecule has 0 spiro atoms. The monoisotopic (exact) mass is 673 g/mol. The van der Waals surface area contributed by atoms with E-state index in [4.69, 9.17) is 14.9 Å². The first-order valence-corrected chi connectivity index (χ1v) is 16.1. The Morgan fingerprint density at radius 3 is 2.51 bits per heavy atom. The van der Waals surface area contributed by atoms with Crippen LogP contribution in [0.2, 0.25) is 0 Å². The van der Waals surface area contributed by atoms with Gasteiger partial charge in [-0.25, -0.2) is 23.7 Å². The van der Waals surface area contributed by atoms with Gasteiger partial charge in [-0.05, 0) is 32.5 Å². The van der Waals surface area contributed by atoms with Crippen LogP contribution in [0.4, 0.5) is 31.8 Å². The van der Waals surface area contributed by atoms with Crippen molar-refractivity contribution in [3.63, 3.8) is 0 Å². The highest BCUT2D eigenvalue weighted by atomic mass is 19.1. The van der Waals surface area contributed by atoms with Gasteiger partial charge in [0, 0.05) is 93.1 Å². The van der Waals surface area contributed by atoms with Crippen molar-refractivity contribution in [1.82, 2.24) is 24.8 Å². The summed E-state index contributed by atoms with van der Waals surface area (Å²) in [6, 6.07) is 12.6. The number of ether oxygens (including phenoxy) is 2. The molecule has 1 amide bonds. The van der Waals surface area contributed by atoms with Crippen LogP contribution in [0.3, 0.4) is 0 Å². The number of para-hydroxylation sites is 1. The average molecular weight is 674 g/mol. The van der Waals surface area contributed by atoms with Crippen LogP contribution in [0.25, 0.3) is 0 Å². The minimum atomic E-state index is -0.737. The van der Waals surface area contributed by atoms with E-state index in [9.17, 15) is 13.6 Å². The Hall–Kier alpha value is -5.21. The molecule has 49 heavy (non-hydrogen) atoms. The summed E-state index contributed by atoms with van der Waals surface area (Å²) in [4.78, 5) is 29.6. The van der Waals surface area contributed by atoms with Gasteiger partial charge in [0.25, 0.3) is 0 Å². The zero-order valence-electron chi connectivity index (χ0n) is 27.9. The third kappa shape index (κ3) is 9.67. The predicted molar refractivity (Wildman–Crippen MR) is 185 cm³/mol. The van der Waals surface area contributed by atoms with E-state index in [1.54, 1.807) is 49.5 Å². The molecular formula is C35H41F2N9O3. The first kappa shape index (κ1) is 35.1. The average Bonchev–Trinajstić information content (AvgIpc) is 3.07. The summed E-state index contributed by atoms with van der Waals surface area (Å²) in [5.74, 6) is -0.457. The number of nitrogens with one attached hydrogen (secondary N) is 4. The number of aromatic nitrogens is 3. The Kier molecular flexibility index (Phi) is 12.0. The SMILES string of the molecule is CCOc1cc(F)c(CNc2ccccc2C(=N)c2ncc(OCCCN3CCN(C)CC3)c(Nc3ccnc(NC(C)=O)c3)n2)c(F)c1. The van der Waals surface area contributed by atoms with Crippen LogP contribution in [-0.2, 0) is 11.3 Å². The maximum Gasteiger partial charge on any atom is 0.222 e. The van der Waals surface area contributed by atoms with Gasteiger partial charge >= 0.3 is 0 Å². The molecule has 3 heterocycles. The fourth-order valence-electron chi connectivity index (χ4n) is 5.28. The number of pyridine rings is 1. The van der Waals surface area contributed by atoms with Crippen molar-refractivity contribution < 1.29 is 23.0 Å². The number of carbonyl (C=O) groups is 1. The fourth-order valence-corrected chi connectivity index (χ4v) is 5.28. The molecule has 4 N–H and O–H groups in total. The molecule has 5 rings (SSSR count). The van der Waals surface area contributed by atoms with Crippen LogP contribution in [0.1, 0.15) is 37.2 Å². The van der Waals surface area contributed by atoms with E-state index < -0.39 is 11.6 Å². The van der Waals surface area contributed by atoms with Crippen molar-refractivity contribution >= 4 is 34.6 Å². The molecule has 258 valence electrons. The highest BCUT2D eigenvalue weighted by Crippen LogP contribution is 2.28. The Morgan fingerprint density at radius 1 is 1.02 bits per heavy atom. The molecule has 2 aromatic heterocycles. The fraction of sp³-hybridized carbons (Fsp3) is 0.343. The molecule has 14 heteroatoms. The van der Waals surface area contributed by atoms with Crippen LogP contribution in [-0.4, -0.2) is 89.4 Å². The second-order valence-corrected chi connectivity index (χ2v) is 11.6. The second kappa shape index (κ2) is 16.8. The van der Waals surface area contributed by atoms with Crippen molar-refractivity contribution in [1.29, 1.82) is 5.41 Å². The van der Waals surface area contributed by atoms with Gasteiger partial charge in [0.1, 0.15) is 28.9 Å². The highest BCUT2D eigenvalue weighted by molar-refractivity contribution is 6.12. The van der Waals surface area contributed by atoms with Crippen molar-refractivity contribution in [2.45, 2.75) is 26.8 Å². The first-order chi connectivity index (χ1) is 23.7. The molecule has 1 saturated heterocycles. The predicted octanol–water partition coefficient (Wildman–Crippen LogP) is 5.30. The molecule has 1 aliphatic heterocycles. The summed E-state index contributed by atoms with van der Waals surface area (Å²) in [6.07, 6.45) is 3.87. The van der Waals surface area contributed by atoms with E-state index in [2.05, 4.69) is 47.7 Å². The lowest BCUT2D eigenvalue weighted by atomic mass is 10.1. The summed E-state index contributed by atoms with van der Waals surface area (Å²) >= 11 is 0. The molecule has 1 aliphatic rings. The summed E-state index contributed by atoms with van der Waals surface area (Å²) in [6.45, 7) is 8.70. The van der Waals surface area contributed by atoms with Gasteiger partial charge in [-0.1, -0.05) is 18.2 Å². The minimum absolute atomic E-state index is 0.0194. The Balaban J connectivity index is 1.35. The molecule has 12 nitrogen and oxygen atoms in total. The molecule has 1 fully saturated rings. The van der Waals surface area contributed by atoms with Gasteiger partial charge in [0.15, 0.2) is 17.4 Å². The number of carbonyl (C=O) groups excluding carboxylic acids is 1. The van der Waals surface area contributed by atoms with Gasteiger partial charge in [-0.3, -0.25) is 10.2 Å². The molecule has 0 aliphatic carbocycles. The summed E-state index contributed by atoms with van der Waals surface area (Å²) in [5.41, 5.74) is 1.31. The van der Waals surface area contributed by atoms with Crippen LogP contribution in [0.5, 0.6) is 11.5 Å². The highest BCUT2D eigenvalue weighted by Gasteiger charge is 2.19. The van der Waals surface area contributed by atoms with Crippen LogP contribution < -0.4 is 25.4 Å². The number of hydrogen-bond donors (Lipinski definition) is 4. The van der Waals surface area contributed by atoms with Crippen LogP contribution >= 0.6 is 0 Å². The van der Waals surface area contributed by atoms with Crippen molar-refractivity contribution in [2.75, 3.05) is 68.9 Å². The lowest BCUT2D eigenvalue weighted by Crippen LogP contribution is -2.44. The van der Waals surface area contributed by atoms with Crippen molar-refractivity contribution in [3.8, 4) is 11.5 Å². The number of rotatable bonds is 15. The van der Waals surface area contributed by atoms with Gasteiger partial charge in [-0.2, -0.15) is 0 Å². The molecule has 2 aromatic carbocycles. The van der Waals surface area contributed by atoms with Gasteiger partial charge < -0.3 is 35.2 Å². The van der Waals surface area contributed by atoms with Crippen molar-refractivity contribution in [2.24, 2.45) is 0 Å². The maximum atomic E-state index is 14.8. The Labute approximate surface area is 284 Å². The summed E-state index contributed by atoms with van der Waals surface area (Å²) < 4.78 is 40.9. The third-order valence-corrected chi connectivity index (χ3v) is 7.86. The van der Waals surface area contributed by atoms with Gasteiger partial charge in [0.05, 0.1) is 19.4 Å².